The van der Waals surface area contributed by atoms with E-state index < -0.39 is 72.0 Å². The van der Waals surface area contributed by atoms with Crippen molar-refractivity contribution in [3.8, 4) is 11.4 Å². The van der Waals surface area contributed by atoms with E-state index in [1.807, 2.05) is 44.2 Å². The zero-order valence-corrected chi connectivity index (χ0v) is 28.8. The molecule has 0 saturated carbocycles. The van der Waals surface area contributed by atoms with Crippen LogP contribution in [0.3, 0.4) is 0 Å². The lowest BCUT2D eigenvalue weighted by Gasteiger charge is -2.25. The van der Waals surface area contributed by atoms with E-state index in [2.05, 4.69) is 36.3 Å². The lowest BCUT2D eigenvalue weighted by Crippen LogP contribution is -2.54. The topological polar surface area (TPSA) is 222 Å². The minimum atomic E-state index is -1.07. The normalized spacial score (nSPS) is 20.0. The van der Waals surface area contributed by atoms with Gasteiger partial charge in [0.2, 0.25) is 29.5 Å². The number of hydrogen-bond acceptors (Lipinski definition) is 9. The number of aromatic amines is 1. The fourth-order valence-electron chi connectivity index (χ4n) is 5.37. The van der Waals surface area contributed by atoms with Crippen molar-refractivity contribution in [1.82, 2.24) is 50.5 Å². The van der Waals surface area contributed by atoms with E-state index in [4.69, 9.17) is 0 Å². The highest BCUT2D eigenvalue weighted by molar-refractivity contribution is 5.93. The van der Waals surface area contributed by atoms with Gasteiger partial charge in [-0.1, -0.05) is 44.2 Å². The number of H-pyrrole nitrogens is 1. The molecule has 0 fully saturated rings. The number of amides is 5. The maximum atomic E-state index is 13.6. The van der Waals surface area contributed by atoms with Crippen LogP contribution in [-0.2, 0) is 37.1 Å². The molecule has 3 atom stereocenters. The second-order valence-electron chi connectivity index (χ2n) is 12.7. The Balaban J connectivity index is 1.62. The molecule has 1 aromatic carbocycles. The summed E-state index contributed by atoms with van der Waals surface area (Å²) in [6.45, 7) is 7.45. The van der Waals surface area contributed by atoms with E-state index >= 15 is 0 Å². The molecule has 268 valence electrons. The summed E-state index contributed by atoms with van der Waals surface area (Å²) < 4.78 is 2.45. The van der Waals surface area contributed by atoms with E-state index in [0.29, 0.717) is 23.6 Å². The first-order valence-electron chi connectivity index (χ1n) is 16.5. The highest BCUT2D eigenvalue weighted by Gasteiger charge is 2.29. The average Bonchev–Trinajstić information content (AvgIpc) is 3.48. The first-order valence-corrected chi connectivity index (χ1v) is 16.5. The van der Waals surface area contributed by atoms with Crippen LogP contribution in [0.25, 0.3) is 11.4 Å². The van der Waals surface area contributed by atoms with Gasteiger partial charge in [-0.3, -0.25) is 38.3 Å². The fraction of sp³-hybridized carbons (Fsp3) is 0.485. The Morgan fingerprint density at radius 2 is 1.64 bits per heavy atom. The molecule has 17 nitrogen and oxygen atoms in total. The number of aromatic nitrogens is 5. The minimum absolute atomic E-state index is 0.0167. The molecule has 3 heterocycles. The van der Waals surface area contributed by atoms with Crippen molar-refractivity contribution >= 4 is 29.5 Å². The van der Waals surface area contributed by atoms with E-state index in [1.54, 1.807) is 6.92 Å². The molecule has 0 saturated heterocycles. The van der Waals surface area contributed by atoms with E-state index in [9.17, 15) is 33.6 Å². The molecule has 3 aromatic rings. The van der Waals surface area contributed by atoms with Crippen molar-refractivity contribution in [3.05, 3.63) is 68.8 Å². The maximum Gasteiger partial charge on any atom is 0.328 e. The number of nitrogens with one attached hydrogen (secondary N) is 5. The highest BCUT2D eigenvalue weighted by Crippen LogP contribution is 2.19. The molecule has 4 rings (SSSR count). The van der Waals surface area contributed by atoms with Crippen LogP contribution in [0.15, 0.2) is 46.1 Å². The zero-order chi connectivity index (χ0) is 36.5. The van der Waals surface area contributed by atoms with Gasteiger partial charge in [-0.2, -0.15) is 5.10 Å². The molecule has 0 radical (unpaired) electrons. The van der Waals surface area contributed by atoms with E-state index in [-0.39, 0.29) is 37.5 Å². The molecule has 0 spiro atoms. The molecular weight excluding hydrogens is 648 g/mol. The highest BCUT2D eigenvalue weighted by atomic mass is 16.2. The van der Waals surface area contributed by atoms with Crippen LogP contribution in [0.5, 0.6) is 0 Å². The third-order valence-corrected chi connectivity index (χ3v) is 7.99. The lowest BCUT2D eigenvalue weighted by atomic mass is 10.0. The number of benzene rings is 1. The molecule has 5 N–H and O–H groups in total. The molecule has 0 aliphatic carbocycles. The Morgan fingerprint density at radius 1 is 0.920 bits per heavy atom. The molecule has 2 aromatic heterocycles. The van der Waals surface area contributed by atoms with Crippen molar-refractivity contribution < 1.29 is 24.0 Å². The molecule has 5 amide bonds. The van der Waals surface area contributed by atoms with Crippen LogP contribution < -0.4 is 32.5 Å². The molecule has 1 aliphatic heterocycles. The average molecular weight is 693 g/mol. The summed E-state index contributed by atoms with van der Waals surface area (Å²) in [5.41, 5.74) is -0.431. The Bertz CT molecular complexity index is 1830. The second kappa shape index (κ2) is 16.7. The first-order chi connectivity index (χ1) is 23.7. The van der Waals surface area contributed by atoms with Crippen molar-refractivity contribution in [2.45, 2.75) is 78.7 Å². The molecule has 0 unspecified atom stereocenters. The smallest absolute Gasteiger partial charge is 0.328 e. The van der Waals surface area contributed by atoms with Gasteiger partial charge in [-0.15, -0.1) is 0 Å². The maximum absolute atomic E-state index is 13.6. The van der Waals surface area contributed by atoms with Gasteiger partial charge in [-0.25, -0.2) is 14.5 Å². The number of carbonyl (C=O) groups excluding carboxylic acids is 5. The molecule has 17 heteroatoms. The van der Waals surface area contributed by atoms with Gasteiger partial charge in [0.15, 0.2) is 5.82 Å². The zero-order valence-electron chi connectivity index (χ0n) is 28.8. The largest absolute Gasteiger partial charge is 0.354 e. The number of aryl methyl sites for hydroxylation is 1. The summed E-state index contributed by atoms with van der Waals surface area (Å²) in [5.74, 6) is -2.06. The number of carbonyl (C=O) groups is 5. The lowest BCUT2D eigenvalue weighted by molar-refractivity contribution is -0.137. The molecular formula is C33H44N10O7. The summed E-state index contributed by atoms with van der Waals surface area (Å²) in [5, 5.41) is 15.5. The van der Waals surface area contributed by atoms with Crippen LogP contribution in [-0.4, -0.2) is 90.5 Å². The predicted molar refractivity (Wildman–Crippen MR) is 181 cm³/mol. The van der Waals surface area contributed by atoms with Crippen LogP contribution >= 0.6 is 0 Å². The van der Waals surface area contributed by atoms with Gasteiger partial charge >= 0.3 is 5.69 Å². The quantitative estimate of drug-likeness (QED) is 0.229. The van der Waals surface area contributed by atoms with Gasteiger partial charge in [0.05, 0.1) is 12.6 Å². The summed E-state index contributed by atoms with van der Waals surface area (Å²) in [6, 6.07) is 6.44. The molecule has 0 bridgehead atoms. The number of rotatable bonds is 5. The minimum Gasteiger partial charge on any atom is -0.354 e. The first kappa shape index (κ1) is 37.2. The van der Waals surface area contributed by atoms with Gasteiger partial charge in [-0.05, 0) is 39.5 Å². The standard InChI is InChI=1S/C33H44N10O7/c1-19(2)14-24-32(49)36-21(4)29-38-28(23-10-7-6-8-11-23)40-43(29)17-25(44)34-12-9-13-41(16-26(45)35-22(5)31(48)37-24)27(46)18-42-15-20(3)30(47)39-33(42)50/h6-8,10-11,15,19,21-22,24H,9,12-14,16-18H2,1-5H3,(H,34,44)(H,35,45)(H,36,49)(H,37,48)(H,39,47,50)/t21-,22+,24+/m0/s1. The molecule has 50 heavy (non-hydrogen) atoms. The van der Waals surface area contributed by atoms with Crippen molar-refractivity contribution in [3.63, 3.8) is 0 Å². The Kier molecular flexibility index (Phi) is 12.4. The van der Waals surface area contributed by atoms with Crippen LogP contribution in [0.4, 0.5) is 0 Å². The van der Waals surface area contributed by atoms with Crippen LogP contribution in [0.2, 0.25) is 0 Å². The number of nitrogens with zero attached hydrogens (tertiary/aromatic N) is 5. The Morgan fingerprint density at radius 3 is 2.34 bits per heavy atom. The van der Waals surface area contributed by atoms with Gasteiger partial charge in [0.1, 0.15) is 31.0 Å². The SMILES string of the molecule is Cc1cn(CC(=O)N2CCCNC(=O)Cn3nc(-c4ccccc4)nc3[C@H](C)NC(=O)[C@@H](CC(C)C)NC(=O)[C@@H](C)NC(=O)C2)c(=O)[nH]c1=O. The predicted octanol–water partition coefficient (Wildman–Crippen LogP) is -0.635. The van der Waals surface area contributed by atoms with Gasteiger partial charge in [0, 0.05) is 30.4 Å². The van der Waals surface area contributed by atoms with Gasteiger partial charge in [0.25, 0.3) is 5.56 Å². The molecule has 1 aliphatic rings. The van der Waals surface area contributed by atoms with Gasteiger partial charge < -0.3 is 26.2 Å². The monoisotopic (exact) mass is 692 g/mol. The van der Waals surface area contributed by atoms with E-state index in [1.165, 1.54) is 29.6 Å². The summed E-state index contributed by atoms with van der Waals surface area (Å²) in [4.78, 5) is 98.5. The van der Waals surface area contributed by atoms with Crippen LogP contribution in [0, 0.1) is 12.8 Å². The summed E-state index contributed by atoms with van der Waals surface area (Å²) in [6.07, 6.45) is 1.78. The van der Waals surface area contributed by atoms with Crippen LogP contribution in [0.1, 0.15) is 58.0 Å². The third kappa shape index (κ3) is 9.96. The van der Waals surface area contributed by atoms with Crippen molar-refractivity contribution in [2.24, 2.45) is 5.92 Å². The number of hydrogen-bond donors (Lipinski definition) is 5. The summed E-state index contributed by atoms with van der Waals surface area (Å²) in [7, 11) is 0. The second-order valence-corrected chi connectivity index (χ2v) is 12.7. The third-order valence-electron chi connectivity index (χ3n) is 7.99. The van der Waals surface area contributed by atoms with E-state index in [0.717, 1.165) is 4.57 Å². The van der Waals surface area contributed by atoms with Crippen molar-refractivity contribution in [2.75, 3.05) is 19.6 Å². The fourth-order valence-corrected chi connectivity index (χ4v) is 5.37. The Hall–Kier alpha value is -5.61. The Labute approximate surface area is 288 Å². The summed E-state index contributed by atoms with van der Waals surface area (Å²) >= 11 is 0. The van der Waals surface area contributed by atoms with Crippen molar-refractivity contribution in [1.29, 1.82) is 0 Å². The number of fused-ring (bicyclic) bond motifs is 1.